The molecular formula is C14H11F3N4. The van der Waals surface area contributed by atoms with Crippen LogP contribution in [0.2, 0.25) is 0 Å². The van der Waals surface area contributed by atoms with E-state index in [4.69, 9.17) is 0 Å². The number of hydrogen-bond acceptors (Lipinski definition) is 3. The first-order chi connectivity index (χ1) is 10.0. The Kier molecular flexibility index (Phi) is 3.25. The fourth-order valence-corrected chi connectivity index (χ4v) is 1.98. The van der Waals surface area contributed by atoms with Gasteiger partial charge in [0.2, 0.25) is 0 Å². The average Bonchev–Trinajstić information content (AvgIpc) is 2.80. The minimum absolute atomic E-state index is 0.106. The van der Waals surface area contributed by atoms with Crippen LogP contribution in [-0.2, 0) is 6.54 Å². The number of benzene rings is 1. The van der Waals surface area contributed by atoms with Gasteiger partial charge in [-0.15, -0.1) is 0 Å². The zero-order chi connectivity index (χ0) is 15.0. The molecule has 4 nitrogen and oxygen atoms in total. The lowest BCUT2D eigenvalue weighted by molar-refractivity contribution is 0.496. The Bertz CT molecular complexity index is 813. The fraction of sp³-hybridized carbons (Fsp3) is 0.143. The van der Waals surface area contributed by atoms with Crippen LogP contribution in [0.5, 0.6) is 0 Å². The molecule has 0 atom stereocenters. The molecule has 2 heterocycles. The SMILES string of the molecule is Cc1cc2ncc(CNc3cc(F)c(F)cc3F)cn2n1. The van der Waals surface area contributed by atoms with E-state index in [2.05, 4.69) is 15.4 Å². The summed E-state index contributed by atoms with van der Waals surface area (Å²) in [6.45, 7) is 2.06. The smallest absolute Gasteiger partial charge is 0.161 e. The molecule has 7 heteroatoms. The summed E-state index contributed by atoms with van der Waals surface area (Å²) in [6.07, 6.45) is 3.35. The van der Waals surface area contributed by atoms with E-state index in [0.717, 1.165) is 17.3 Å². The second-order valence-electron chi connectivity index (χ2n) is 4.65. The normalized spacial score (nSPS) is 11.0. The van der Waals surface area contributed by atoms with Crippen LogP contribution < -0.4 is 5.32 Å². The summed E-state index contributed by atoms with van der Waals surface area (Å²) >= 11 is 0. The highest BCUT2D eigenvalue weighted by Crippen LogP contribution is 2.19. The van der Waals surface area contributed by atoms with Crippen molar-refractivity contribution in [1.82, 2.24) is 14.6 Å². The second kappa shape index (κ2) is 5.08. The number of aryl methyl sites for hydroxylation is 1. The molecule has 0 aliphatic heterocycles. The maximum atomic E-state index is 13.5. The Morgan fingerprint density at radius 2 is 1.86 bits per heavy atom. The van der Waals surface area contributed by atoms with Crippen LogP contribution in [0.4, 0.5) is 18.9 Å². The standard InChI is InChI=1S/C14H11F3N4/c1-8-2-14-19-6-9(7-21(14)20-8)5-18-13-4-11(16)10(15)3-12(13)17/h2-4,6-7,18H,5H2,1H3. The van der Waals surface area contributed by atoms with Crippen molar-refractivity contribution in [3.8, 4) is 0 Å². The largest absolute Gasteiger partial charge is 0.378 e. The molecule has 0 spiro atoms. The molecule has 0 saturated heterocycles. The van der Waals surface area contributed by atoms with E-state index in [-0.39, 0.29) is 12.2 Å². The third-order valence-electron chi connectivity index (χ3n) is 2.98. The Hall–Kier alpha value is -2.57. The van der Waals surface area contributed by atoms with Crippen LogP contribution >= 0.6 is 0 Å². The molecule has 0 unspecified atom stereocenters. The summed E-state index contributed by atoms with van der Waals surface area (Å²) in [4.78, 5) is 4.20. The van der Waals surface area contributed by atoms with Gasteiger partial charge in [0.1, 0.15) is 5.82 Å². The van der Waals surface area contributed by atoms with Gasteiger partial charge in [0.15, 0.2) is 17.3 Å². The molecule has 0 saturated carbocycles. The van der Waals surface area contributed by atoms with E-state index in [1.807, 2.05) is 13.0 Å². The van der Waals surface area contributed by atoms with Gasteiger partial charge in [0, 0.05) is 42.7 Å². The van der Waals surface area contributed by atoms with Gasteiger partial charge in [-0.2, -0.15) is 5.10 Å². The van der Waals surface area contributed by atoms with Crippen molar-refractivity contribution >= 4 is 11.3 Å². The predicted molar refractivity (Wildman–Crippen MR) is 71.4 cm³/mol. The number of hydrogen-bond donors (Lipinski definition) is 1. The van der Waals surface area contributed by atoms with E-state index in [0.29, 0.717) is 11.7 Å². The highest BCUT2D eigenvalue weighted by Gasteiger charge is 2.09. The first-order valence-electron chi connectivity index (χ1n) is 6.22. The van der Waals surface area contributed by atoms with Gasteiger partial charge >= 0.3 is 0 Å². The van der Waals surface area contributed by atoms with Gasteiger partial charge < -0.3 is 5.32 Å². The third-order valence-corrected chi connectivity index (χ3v) is 2.98. The molecule has 3 rings (SSSR count). The van der Waals surface area contributed by atoms with Crippen LogP contribution in [-0.4, -0.2) is 14.6 Å². The lowest BCUT2D eigenvalue weighted by Gasteiger charge is -2.08. The van der Waals surface area contributed by atoms with Gasteiger partial charge in [0.25, 0.3) is 0 Å². The Morgan fingerprint density at radius 3 is 2.67 bits per heavy atom. The van der Waals surface area contributed by atoms with E-state index >= 15 is 0 Å². The van der Waals surface area contributed by atoms with Crippen molar-refractivity contribution in [3.63, 3.8) is 0 Å². The molecule has 0 amide bonds. The van der Waals surface area contributed by atoms with Crippen molar-refractivity contribution in [2.75, 3.05) is 5.32 Å². The molecule has 0 fully saturated rings. The van der Waals surface area contributed by atoms with Crippen LogP contribution in [0.15, 0.2) is 30.6 Å². The molecule has 108 valence electrons. The first kappa shape index (κ1) is 13.4. The zero-order valence-electron chi connectivity index (χ0n) is 11.1. The topological polar surface area (TPSA) is 42.2 Å². The number of rotatable bonds is 3. The summed E-state index contributed by atoms with van der Waals surface area (Å²) < 4.78 is 41.0. The monoisotopic (exact) mass is 292 g/mol. The summed E-state index contributed by atoms with van der Waals surface area (Å²) in [5, 5.41) is 6.92. The molecule has 2 aromatic heterocycles. The highest BCUT2D eigenvalue weighted by atomic mass is 19.2. The van der Waals surface area contributed by atoms with Crippen LogP contribution in [0, 0.1) is 24.4 Å². The van der Waals surface area contributed by atoms with Crippen LogP contribution in [0.1, 0.15) is 11.3 Å². The third kappa shape index (κ3) is 2.67. The molecule has 0 aliphatic rings. The molecule has 0 bridgehead atoms. The summed E-state index contributed by atoms with van der Waals surface area (Å²) in [6, 6.07) is 3.12. The lowest BCUT2D eigenvalue weighted by atomic mass is 10.2. The number of halogens is 3. The van der Waals surface area contributed by atoms with E-state index in [1.165, 1.54) is 0 Å². The van der Waals surface area contributed by atoms with Gasteiger partial charge in [-0.25, -0.2) is 22.7 Å². The van der Waals surface area contributed by atoms with Crippen molar-refractivity contribution in [1.29, 1.82) is 0 Å². The quantitative estimate of drug-likeness (QED) is 0.754. The average molecular weight is 292 g/mol. The van der Waals surface area contributed by atoms with Gasteiger partial charge in [-0.1, -0.05) is 0 Å². The summed E-state index contributed by atoms with van der Waals surface area (Å²) in [7, 11) is 0. The maximum Gasteiger partial charge on any atom is 0.161 e. The van der Waals surface area contributed by atoms with Gasteiger partial charge in [-0.3, -0.25) is 0 Å². The number of fused-ring (bicyclic) bond motifs is 1. The summed E-state index contributed by atoms with van der Waals surface area (Å²) in [5.41, 5.74) is 2.16. The number of anilines is 1. The van der Waals surface area contributed by atoms with Crippen LogP contribution in [0.25, 0.3) is 5.65 Å². The van der Waals surface area contributed by atoms with E-state index in [1.54, 1.807) is 16.9 Å². The van der Waals surface area contributed by atoms with Gasteiger partial charge in [-0.05, 0) is 6.92 Å². The Morgan fingerprint density at radius 1 is 1.10 bits per heavy atom. The van der Waals surface area contributed by atoms with Crippen molar-refractivity contribution in [2.24, 2.45) is 0 Å². The predicted octanol–water partition coefficient (Wildman–Crippen LogP) is 3.07. The Balaban J connectivity index is 1.81. The van der Waals surface area contributed by atoms with Crippen molar-refractivity contribution in [2.45, 2.75) is 13.5 Å². The molecule has 1 N–H and O–H groups in total. The molecule has 0 radical (unpaired) electrons. The van der Waals surface area contributed by atoms with Crippen molar-refractivity contribution < 1.29 is 13.2 Å². The second-order valence-corrected chi connectivity index (χ2v) is 4.65. The lowest BCUT2D eigenvalue weighted by Crippen LogP contribution is -2.05. The summed E-state index contributed by atoms with van der Waals surface area (Å²) in [5.74, 6) is -3.17. The van der Waals surface area contributed by atoms with Crippen molar-refractivity contribution in [3.05, 3.63) is 59.3 Å². The fourth-order valence-electron chi connectivity index (χ4n) is 1.98. The number of nitrogens with zero attached hydrogens (tertiary/aromatic N) is 3. The van der Waals surface area contributed by atoms with E-state index in [9.17, 15) is 13.2 Å². The Labute approximate surface area is 118 Å². The molecule has 1 aromatic carbocycles. The molecule has 3 aromatic rings. The minimum Gasteiger partial charge on any atom is -0.378 e. The molecular weight excluding hydrogens is 281 g/mol. The highest BCUT2D eigenvalue weighted by molar-refractivity contribution is 5.46. The number of nitrogens with one attached hydrogen (secondary N) is 1. The van der Waals surface area contributed by atoms with E-state index < -0.39 is 17.5 Å². The molecule has 0 aliphatic carbocycles. The number of aromatic nitrogens is 3. The maximum absolute atomic E-state index is 13.5. The van der Waals surface area contributed by atoms with Crippen LogP contribution in [0.3, 0.4) is 0 Å². The zero-order valence-corrected chi connectivity index (χ0v) is 11.1. The van der Waals surface area contributed by atoms with Gasteiger partial charge in [0.05, 0.1) is 11.4 Å². The first-order valence-corrected chi connectivity index (χ1v) is 6.22. The minimum atomic E-state index is -1.21. The molecule has 21 heavy (non-hydrogen) atoms.